The van der Waals surface area contributed by atoms with Crippen molar-refractivity contribution in [3.05, 3.63) is 96.1 Å². The van der Waals surface area contributed by atoms with E-state index < -0.39 is 34.6 Å². The first-order valence-corrected chi connectivity index (χ1v) is 22.4. The van der Waals surface area contributed by atoms with Gasteiger partial charge in [0.2, 0.25) is 14.1 Å². The molecule has 5 rings (SSSR count). The Balaban J connectivity index is 1.53. The van der Waals surface area contributed by atoms with Gasteiger partial charge in [-0.25, -0.2) is 0 Å². The van der Waals surface area contributed by atoms with Gasteiger partial charge < -0.3 is 23.4 Å². The molecule has 2 aliphatic heterocycles. The molecule has 5 nitrogen and oxygen atoms in total. The Hall–Kier alpha value is -2.11. The molecule has 3 aromatic rings. The normalized spacial score (nSPS) is 23.9. The second-order valence-electron chi connectivity index (χ2n) is 16.0. The molecule has 0 bridgehead atoms. The quantitative estimate of drug-likeness (QED) is 0.205. The molecule has 1 spiro atoms. The lowest BCUT2D eigenvalue weighted by Crippen LogP contribution is -2.67. The van der Waals surface area contributed by atoms with Crippen molar-refractivity contribution in [3.8, 4) is 0 Å². The first-order chi connectivity index (χ1) is 22.8. The average Bonchev–Trinajstić information content (AvgIpc) is 3.23. The van der Waals surface area contributed by atoms with Gasteiger partial charge in [-0.2, -0.15) is 0 Å². The second kappa shape index (κ2) is 15.0. The summed E-state index contributed by atoms with van der Waals surface area (Å²) in [7, 11) is -5.06. The second-order valence-corrected chi connectivity index (χ2v) is 25.7. The summed E-state index contributed by atoms with van der Waals surface area (Å²) in [6.45, 7) is 21.8. The Morgan fingerprint density at radius 2 is 1.35 bits per heavy atom. The number of hydrogen-bond donors (Lipinski definition) is 1. The van der Waals surface area contributed by atoms with E-state index in [9.17, 15) is 5.11 Å². The monoisotopic (exact) mass is 688 g/mol. The topological polar surface area (TPSA) is 57.2 Å². The molecule has 3 aromatic carbocycles. The molecule has 2 heterocycles. The highest BCUT2D eigenvalue weighted by molar-refractivity contribution is 6.99. The van der Waals surface area contributed by atoms with Crippen LogP contribution in [0.5, 0.6) is 0 Å². The van der Waals surface area contributed by atoms with E-state index in [1.165, 1.54) is 15.9 Å². The van der Waals surface area contributed by atoms with Gasteiger partial charge in [0.15, 0.2) is 0 Å². The van der Waals surface area contributed by atoms with Crippen LogP contribution in [0.1, 0.15) is 92.7 Å². The first-order valence-electron chi connectivity index (χ1n) is 18.3. The predicted octanol–water partition coefficient (Wildman–Crippen LogP) is 8.48. The van der Waals surface area contributed by atoms with Crippen LogP contribution in [0.4, 0.5) is 0 Å². The van der Waals surface area contributed by atoms with Crippen molar-refractivity contribution in [1.82, 2.24) is 0 Å². The summed E-state index contributed by atoms with van der Waals surface area (Å²) in [5.74, 6) is -1.29. The molecule has 262 valence electrons. The van der Waals surface area contributed by atoms with E-state index in [1.54, 1.807) is 0 Å². The largest absolute Gasteiger partial charge is 0.410 e. The van der Waals surface area contributed by atoms with Gasteiger partial charge in [-0.1, -0.05) is 147 Å². The standard InChI is InChI=1S/C41H60O5Si2/c1-30(2)47(31(3)4,32(5)6)46-38-29-34(45-41(39(38)42)37-25-17-16-19-33(37)20-18-27-43-41)26-28-44-48(40(7,8)9,35-21-12-10-13-22-35)36-23-14-11-15-24-36/h10-17,19,21-25,30-32,34,38-39,42H,18,20,26-29H2,1-9H3/t34-,38-,39+,41+/m1/s1. The Labute approximate surface area is 292 Å². The SMILES string of the molecule is CC(C)[Si](O[C@@H]1C[C@@H](CCO[Si](c2ccccc2)(c2ccccc2)C(C)(C)C)O[C@]2(OCCCc3ccccc32)[C@H]1O)(C(C)C)C(C)C. The Morgan fingerprint density at radius 3 is 1.90 bits per heavy atom. The highest BCUT2D eigenvalue weighted by Gasteiger charge is 2.57. The summed E-state index contributed by atoms with van der Waals surface area (Å²) >= 11 is 0. The summed E-state index contributed by atoms with van der Waals surface area (Å²) in [5, 5.41) is 14.8. The van der Waals surface area contributed by atoms with Crippen molar-refractivity contribution in [1.29, 1.82) is 0 Å². The number of aliphatic hydroxyl groups excluding tert-OH is 1. The zero-order chi connectivity index (χ0) is 34.7. The number of fused-ring (bicyclic) bond motifs is 2. The Morgan fingerprint density at radius 1 is 0.812 bits per heavy atom. The smallest absolute Gasteiger partial charge is 0.261 e. The Bertz CT molecular complexity index is 1390. The van der Waals surface area contributed by atoms with Gasteiger partial charge in [-0.15, -0.1) is 0 Å². The molecule has 7 heteroatoms. The zero-order valence-corrected chi connectivity index (χ0v) is 32.9. The van der Waals surface area contributed by atoms with Gasteiger partial charge in [-0.3, -0.25) is 0 Å². The molecular weight excluding hydrogens is 629 g/mol. The van der Waals surface area contributed by atoms with E-state index in [-0.39, 0.29) is 11.1 Å². The van der Waals surface area contributed by atoms with Gasteiger partial charge in [0, 0.05) is 18.6 Å². The molecule has 0 aromatic heterocycles. The number of benzene rings is 3. The maximum Gasteiger partial charge on any atom is 0.261 e. The van der Waals surface area contributed by atoms with Crippen LogP contribution in [0, 0.1) is 0 Å². The van der Waals surface area contributed by atoms with E-state index in [2.05, 4.69) is 141 Å². The lowest BCUT2D eigenvalue weighted by molar-refractivity contribution is -0.348. The fraction of sp³-hybridized carbons (Fsp3) is 0.561. The number of hydrogen-bond acceptors (Lipinski definition) is 5. The van der Waals surface area contributed by atoms with Crippen LogP contribution in [0.15, 0.2) is 84.9 Å². The maximum atomic E-state index is 12.4. The van der Waals surface area contributed by atoms with Gasteiger partial charge in [0.25, 0.3) is 8.32 Å². The molecule has 4 atom stereocenters. The highest BCUT2D eigenvalue weighted by atomic mass is 28.4. The van der Waals surface area contributed by atoms with Crippen LogP contribution in [-0.4, -0.2) is 53.3 Å². The summed E-state index contributed by atoms with van der Waals surface area (Å²) in [6, 6.07) is 30.0. The highest BCUT2D eigenvalue weighted by Crippen LogP contribution is 2.49. The van der Waals surface area contributed by atoms with E-state index in [0.717, 1.165) is 18.4 Å². The molecule has 48 heavy (non-hydrogen) atoms. The van der Waals surface area contributed by atoms with E-state index in [1.807, 2.05) is 6.07 Å². The van der Waals surface area contributed by atoms with E-state index in [0.29, 0.717) is 42.7 Å². The molecule has 0 saturated carbocycles. The third-order valence-electron chi connectivity index (χ3n) is 11.1. The molecular formula is C41H60O5Si2. The number of ether oxygens (including phenoxy) is 2. The summed E-state index contributed by atoms with van der Waals surface area (Å²) < 4.78 is 28.5. The fourth-order valence-corrected chi connectivity index (χ4v) is 19.2. The van der Waals surface area contributed by atoms with Gasteiger partial charge in [0.1, 0.15) is 6.10 Å². The molecule has 0 radical (unpaired) electrons. The van der Waals surface area contributed by atoms with Gasteiger partial charge >= 0.3 is 0 Å². The number of rotatable bonds is 11. The fourth-order valence-electron chi connectivity index (χ4n) is 9.05. The molecule has 0 amide bonds. The lowest BCUT2D eigenvalue weighted by Gasteiger charge is -2.52. The van der Waals surface area contributed by atoms with Crippen LogP contribution < -0.4 is 10.4 Å². The van der Waals surface area contributed by atoms with Gasteiger partial charge in [-0.05, 0) is 56.9 Å². The van der Waals surface area contributed by atoms with Crippen LogP contribution >= 0.6 is 0 Å². The summed E-state index contributed by atoms with van der Waals surface area (Å²) in [6.07, 6.45) is 1.45. The van der Waals surface area contributed by atoms with E-state index >= 15 is 0 Å². The minimum atomic E-state index is -2.72. The maximum absolute atomic E-state index is 12.4. The molecule has 0 aliphatic carbocycles. The third kappa shape index (κ3) is 6.81. The van der Waals surface area contributed by atoms with Crippen LogP contribution in [0.25, 0.3) is 0 Å². The molecule has 1 saturated heterocycles. The van der Waals surface area contributed by atoms with Crippen molar-refractivity contribution in [2.45, 2.75) is 134 Å². The van der Waals surface area contributed by atoms with E-state index in [4.69, 9.17) is 18.3 Å². The van der Waals surface area contributed by atoms with Crippen molar-refractivity contribution < 1.29 is 23.4 Å². The minimum Gasteiger partial charge on any atom is -0.410 e. The molecule has 0 unspecified atom stereocenters. The summed E-state index contributed by atoms with van der Waals surface area (Å²) in [5.41, 5.74) is 3.29. The van der Waals surface area contributed by atoms with Crippen molar-refractivity contribution in [2.75, 3.05) is 13.2 Å². The van der Waals surface area contributed by atoms with Gasteiger partial charge in [0.05, 0.1) is 18.8 Å². The minimum absolute atomic E-state index is 0.119. The first kappa shape index (κ1) is 37.2. The van der Waals surface area contributed by atoms with Crippen molar-refractivity contribution in [3.63, 3.8) is 0 Å². The van der Waals surface area contributed by atoms with Crippen LogP contribution in [-0.2, 0) is 30.5 Å². The van der Waals surface area contributed by atoms with Crippen molar-refractivity contribution in [2.24, 2.45) is 0 Å². The predicted molar refractivity (Wildman–Crippen MR) is 202 cm³/mol. The van der Waals surface area contributed by atoms with Crippen LogP contribution in [0.3, 0.4) is 0 Å². The molecule has 2 aliphatic rings. The lowest BCUT2D eigenvalue weighted by atomic mass is 9.86. The number of aryl methyl sites for hydroxylation is 1. The molecule has 1 fully saturated rings. The summed E-state index contributed by atoms with van der Waals surface area (Å²) in [4.78, 5) is 0. The average molecular weight is 689 g/mol. The Kier molecular flexibility index (Phi) is 11.6. The zero-order valence-electron chi connectivity index (χ0n) is 30.9. The number of aliphatic hydroxyl groups is 1. The van der Waals surface area contributed by atoms with Crippen LogP contribution in [0.2, 0.25) is 21.7 Å². The van der Waals surface area contributed by atoms with Crippen molar-refractivity contribution >= 4 is 27.0 Å². The molecule has 1 N–H and O–H groups in total. The third-order valence-corrected chi connectivity index (χ3v) is 22.3.